The fourth-order valence-electron chi connectivity index (χ4n) is 1.52. The van der Waals surface area contributed by atoms with Crippen LogP contribution >= 0.6 is 0 Å². The van der Waals surface area contributed by atoms with Gasteiger partial charge in [0.15, 0.2) is 0 Å². The molecule has 0 radical (unpaired) electrons. The summed E-state index contributed by atoms with van der Waals surface area (Å²) < 4.78 is 43.8. The number of sulfonamides is 1. The van der Waals surface area contributed by atoms with Gasteiger partial charge in [0, 0.05) is 13.0 Å². The number of halogens is 1. The predicted molar refractivity (Wildman–Crippen MR) is 69.8 cm³/mol. The van der Waals surface area contributed by atoms with Crippen molar-refractivity contribution in [1.29, 1.82) is 0 Å². The van der Waals surface area contributed by atoms with Crippen LogP contribution in [0.25, 0.3) is 0 Å². The van der Waals surface area contributed by atoms with Crippen molar-refractivity contribution in [2.75, 3.05) is 13.7 Å². The molecule has 0 aliphatic rings. The van der Waals surface area contributed by atoms with Gasteiger partial charge in [-0.2, -0.15) is 0 Å². The van der Waals surface area contributed by atoms with Gasteiger partial charge in [-0.1, -0.05) is 0 Å². The lowest BCUT2D eigenvalue weighted by Crippen LogP contribution is -2.27. The fraction of sp³-hybridized carbons (Fsp3) is 0.333. The van der Waals surface area contributed by atoms with Crippen LogP contribution in [-0.2, 0) is 19.6 Å². The fourth-order valence-corrected chi connectivity index (χ4v) is 2.80. The lowest BCUT2D eigenvalue weighted by atomic mass is 10.2. The van der Waals surface area contributed by atoms with E-state index >= 15 is 0 Å². The molecule has 116 valence electrons. The third-order valence-corrected chi connectivity index (χ3v) is 4.00. The van der Waals surface area contributed by atoms with Crippen LogP contribution in [0.15, 0.2) is 23.1 Å². The molecular weight excluding hydrogens is 305 g/mol. The van der Waals surface area contributed by atoms with Crippen molar-refractivity contribution < 1.29 is 32.2 Å². The van der Waals surface area contributed by atoms with Gasteiger partial charge in [-0.05, 0) is 24.6 Å². The smallest absolute Gasteiger partial charge is 0.339 e. The molecule has 1 rings (SSSR count). The van der Waals surface area contributed by atoms with Gasteiger partial charge in [0.2, 0.25) is 10.0 Å². The summed E-state index contributed by atoms with van der Waals surface area (Å²) in [6.45, 7) is -0.147. The van der Waals surface area contributed by atoms with E-state index in [2.05, 4.69) is 9.46 Å². The number of carbonyl (C=O) groups is 2. The number of benzene rings is 1. The molecule has 0 spiro atoms. The van der Waals surface area contributed by atoms with Gasteiger partial charge in [0.05, 0.1) is 17.6 Å². The molecule has 0 aliphatic carbocycles. The summed E-state index contributed by atoms with van der Waals surface area (Å²) in [7, 11) is -3.08. The average Bonchev–Trinajstić information content (AvgIpc) is 2.42. The third-order valence-electron chi connectivity index (χ3n) is 2.50. The van der Waals surface area contributed by atoms with Crippen molar-refractivity contribution >= 4 is 22.0 Å². The lowest BCUT2D eigenvalue weighted by molar-refractivity contribution is -0.137. The van der Waals surface area contributed by atoms with E-state index in [1.807, 2.05) is 0 Å². The molecule has 1 aromatic carbocycles. The first-order valence-electron chi connectivity index (χ1n) is 5.87. The van der Waals surface area contributed by atoms with E-state index < -0.39 is 32.7 Å². The first-order valence-corrected chi connectivity index (χ1v) is 7.35. The average molecular weight is 319 g/mol. The Morgan fingerprint density at radius 2 is 2.05 bits per heavy atom. The van der Waals surface area contributed by atoms with Crippen molar-refractivity contribution in [1.82, 2.24) is 4.72 Å². The number of carboxylic acids is 1. The van der Waals surface area contributed by atoms with Gasteiger partial charge in [-0.15, -0.1) is 0 Å². The van der Waals surface area contributed by atoms with Gasteiger partial charge in [0.25, 0.3) is 0 Å². The molecule has 0 heterocycles. The Hall–Kier alpha value is -2.00. The predicted octanol–water partition coefficient (Wildman–Crippen LogP) is 0.755. The number of carbonyl (C=O) groups excluding carboxylic acids is 1. The molecule has 1 aromatic rings. The van der Waals surface area contributed by atoms with Gasteiger partial charge in [-0.3, -0.25) is 4.79 Å². The summed E-state index contributed by atoms with van der Waals surface area (Å²) in [5.41, 5.74) is -0.301. The highest BCUT2D eigenvalue weighted by atomic mass is 32.2. The van der Waals surface area contributed by atoms with Crippen LogP contribution < -0.4 is 4.72 Å². The molecule has 0 saturated carbocycles. The molecule has 0 bridgehead atoms. The Bertz CT molecular complexity index is 643. The molecule has 0 unspecified atom stereocenters. The Morgan fingerprint density at radius 3 is 2.62 bits per heavy atom. The highest BCUT2D eigenvalue weighted by molar-refractivity contribution is 7.89. The summed E-state index contributed by atoms with van der Waals surface area (Å²) in [6.07, 6.45) is -0.146. The van der Waals surface area contributed by atoms with Crippen LogP contribution in [0.5, 0.6) is 0 Å². The maximum Gasteiger partial charge on any atom is 0.339 e. The maximum absolute atomic E-state index is 13.2. The molecule has 0 atom stereocenters. The van der Waals surface area contributed by atoms with Crippen molar-refractivity contribution in [3.05, 3.63) is 29.6 Å². The van der Waals surface area contributed by atoms with E-state index in [1.54, 1.807) is 0 Å². The summed E-state index contributed by atoms with van der Waals surface area (Å²) in [5.74, 6) is -2.80. The van der Waals surface area contributed by atoms with Gasteiger partial charge in [-0.25, -0.2) is 22.3 Å². The van der Waals surface area contributed by atoms with Crippen molar-refractivity contribution in [3.8, 4) is 0 Å². The molecule has 0 aliphatic heterocycles. The summed E-state index contributed by atoms with van der Waals surface area (Å²) in [6, 6.07) is 2.65. The topological polar surface area (TPSA) is 110 Å². The number of carboxylic acid groups (broad SMARTS) is 1. The normalized spacial score (nSPS) is 11.1. The van der Waals surface area contributed by atoms with Gasteiger partial charge < -0.3 is 9.84 Å². The van der Waals surface area contributed by atoms with E-state index in [0.29, 0.717) is 6.07 Å². The van der Waals surface area contributed by atoms with E-state index in [4.69, 9.17) is 5.11 Å². The summed E-state index contributed by atoms with van der Waals surface area (Å²) >= 11 is 0. The number of methoxy groups -OCH3 is 1. The number of esters is 1. The summed E-state index contributed by atoms with van der Waals surface area (Å²) in [5, 5.41) is 8.46. The minimum atomic E-state index is -4.15. The molecule has 0 amide bonds. The minimum absolute atomic E-state index is 0.0669. The number of nitrogens with one attached hydrogen (secondary N) is 1. The third kappa shape index (κ3) is 4.80. The standard InChI is InChI=1S/C12H14FNO6S/c1-20-12(17)9-5-4-8(13)7-10(9)21(18,19)14-6-2-3-11(15)16/h4-5,7,14H,2-3,6H2,1H3,(H,15,16). The van der Waals surface area contributed by atoms with E-state index in [0.717, 1.165) is 19.2 Å². The van der Waals surface area contributed by atoms with Gasteiger partial charge >= 0.3 is 11.9 Å². The number of aliphatic carboxylic acids is 1. The number of ether oxygens (including phenoxy) is 1. The van der Waals surface area contributed by atoms with Crippen molar-refractivity contribution in [2.45, 2.75) is 17.7 Å². The Morgan fingerprint density at radius 1 is 1.38 bits per heavy atom. The lowest BCUT2D eigenvalue weighted by Gasteiger charge is -2.10. The number of hydrogen-bond acceptors (Lipinski definition) is 5. The minimum Gasteiger partial charge on any atom is -0.481 e. The van der Waals surface area contributed by atoms with Crippen LogP contribution in [-0.4, -0.2) is 39.1 Å². The van der Waals surface area contributed by atoms with Gasteiger partial charge in [0.1, 0.15) is 5.82 Å². The number of rotatable bonds is 7. The first kappa shape index (κ1) is 17.1. The van der Waals surface area contributed by atoms with Crippen LogP contribution in [0.4, 0.5) is 4.39 Å². The van der Waals surface area contributed by atoms with E-state index in [1.165, 1.54) is 0 Å². The SMILES string of the molecule is COC(=O)c1ccc(F)cc1S(=O)(=O)NCCCC(=O)O. The van der Waals surface area contributed by atoms with Crippen LogP contribution in [0.3, 0.4) is 0 Å². The largest absolute Gasteiger partial charge is 0.481 e. The molecule has 0 fully saturated rings. The molecule has 0 saturated heterocycles. The highest BCUT2D eigenvalue weighted by Gasteiger charge is 2.23. The Balaban J connectivity index is 2.99. The Labute approximate surface area is 120 Å². The second-order valence-electron chi connectivity index (χ2n) is 4.03. The van der Waals surface area contributed by atoms with Crippen molar-refractivity contribution in [3.63, 3.8) is 0 Å². The highest BCUT2D eigenvalue weighted by Crippen LogP contribution is 2.18. The zero-order valence-corrected chi connectivity index (χ0v) is 11.9. The molecule has 0 aromatic heterocycles. The summed E-state index contributed by atoms with van der Waals surface area (Å²) in [4.78, 5) is 21.3. The van der Waals surface area contributed by atoms with Crippen LogP contribution in [0, 0.1) is 5.82 Å². The first-order chi connectivity index (χ1) is 9.77. The van der Waals surface area contributed by atoms with E-state index in [-0.39, 0.29) is 24.9 Å². The molecule has 9 heteroatoms. The second kappa shape index (κ2) is 7.14. The second-order valence-corrected chi connectivity index (χ2v) is 5.76. The van der Waals surface area contributed by atoms with Crippen LogP contribution in [0.2, 0.25) is 0 Å². The zero-order valence-electron chi connectivity index (χ0n) is 11.1. The van der Waals surface area contributed by atoms with Crippen molar-refractivity contribution in [2.24, 2.45) is 0 Å². The molecule has 21 heavy (non-hydrogen) atoms. The molecule has 2 N–H and O–H groups in total. The monoisotopic (exact) mass is 319 g/mol. The Kier molecular flexibility index (Phi) is 5.79. The molecule has 7 nitrogen and oxygen atoms in total. The van der Waals surface area contributed by atoms with E-state index in [9.17, 15) is 22.4 Å². The maximum atomic E-state index is 13.2. The molecular formula is C12H14FNO6S. The van der Waals surface area contributed by atoms with Crippen LogP contribution in [0.1, 0.15) is 23.2 Å². The quantitative estimate of drug-likeness (QED) is 0.567. The number of hydrogen-bond donors (Lipinski definition) is 2. The zero-order chi connectivity index (χ0) is 16.0.